The van der Waals surface area contributed by atoms with Gasteiger partial charge in [-0.3, -0.25) is 0 Å². The molecule has 2 atom stereocenters. The van der Waals surface area contributed by atoms with Crippen molar-refractivity contribution >= 4 is 22.7 Å². The van der Waals surface area contributed by atoms with Crippen LogP contribution in [0.1, 0.15) is 47.0 Å². The Kier molecular flexibility index (Phi) is 4.53. The third-order valence-corrected chi connectivity index (χ3v) is 5.91. The zero-order chi connectivity index (χ0) is 19.0. The predicted molar refractivity (Wildman–Crippen MR) is 103 cm³/mol. The molecular weight excluding hydrogens is 358 g/mol. The van der Waals surface area contributed by atoms with Gasteiger partial charge in [0.15, 0.2) is 0 Å². The van der Waals surface area contributed by atoms with Crippen LogP contribution in [0.3, 0.4) is 0 Å². The zero-order valence-corrected chi connectivity index (χ0v) is 16.0. The summed E-state index contributed by atoms with van der Waals surface area (Å²) in [7, 11) is 2.01. The largest absolute Gasteiger partial charge is 0.369 e. The first-order chi connectivity index (χ1) is 13.1. The highest BCUT2D eigenvalue weighted by Gasteiger charge is 2.32. The molecule has 0 spiro atoms. The van der Waals surface area contributed by atoms with Crippen LogP contribution in [0.4, 0.5) is 5.82 Å². The molecule has 0 saturated carbocycles. The molecule has 2 aromatic rings. The number of hydrazine groups is 1. The molecule has 0 aliphatic carbocycles. The van der Waals surface area contributed by atoms with Crippen LogP contribution in [0.2, 0.25) is 0 Å². The first kappa shape index (κ1) is 17.5. The van der Waals surface area contributed by atoms with Crippen molar-refractivity contribution < 1.29 is 0 Å². The molecule has 0 fully saturated rings. The molecule has 136 valence electrons. The maximum absolute atomic E-state index is 9.35. The monoisotopic (exact) mass is 377 g/mol. The molecule has 4 rings (SSSR count). The van der Waals surface area contributed by atoms with Gasteiger partial charge in [0.25, 0.3) is 0 Å². The Hall–Kier alpha value is -2.94. The lowest BCUT2D eigenvalue weighted by Gasteiger charge is -2.32. The van der Waals surface area contributed by atoms with Gasteiger partial charge in [-0.15, -0.1) is 11.3 Å². The van der Waals surface area contributed by atoms with E-state index in [1.807, 2.05) is 18.5 Å². The third kappa shape index (κ3) is 3.03. The Labute approximate surface area is 162 Å². The Morgan fingerprint density at radius 3 is 3.00 bits per heavy atom. The number of nitriles is 2. The van der Waals surface area contributed by atoms with E-state index in [0.29, 0.717) is 23.8 Å². The first-order valence-corrected chi connectivity index (χ1v) is 9.65. The van der Waals surface area contributed by atoms with Crippen LogP contribution in [0, 0.1) is 22.7 Å². The van der Waals surface area contributed by atoms with E-state index in [4.69, 9.17) is 5.26 Å². The van der Waals surface area contributed by atoms with Gasteiger partial charge in [0, 0.05) is 43.4 Å². The lowest BCUT2D eigenvalue weighted by molar-refractivity contribution is 0.0388. The van der Waals surface area contributed by atoms with Crippen molar-refractivity contribution in [3.63, 3.8) is 0 Å². The van der Waals surface area contributed by atoms with Crippen LogP contribution >= 0.6 is 11.3 Å². The SMILES string of the molecule is CC1CNc2ncnc(C3=CN(C(CC#N)c4csc(C#N)c4)N(C)C3)c21. The molecule has 27 heavy (non-hydrogen) atoms. The first-order valence-electron chi connectivity index (χ1n) is 8.77. The quantitative estimate of drug-likeness (QED) is 0.875. The van der Waals surface area contributed by atoms with Crippen LogP contribution in [0.25, 0.3) is 5.57 Å². The number of fused-ring (bicyclic) bond motifs is 1. The summed E-state index contributed by atoms with van der Waals surface area (Å²) >= 11 is 1.41. The Bertz CT molecular complexity index is 981. The van der Waals surface area contributed by atoms with Crippen LogP contribution in [0.5, 0.6) is 0 Å². The van der Waals surface area contributed by atoms with Gasteiger partial charge in [0.05, 0.1) is 24.2 Å². The number of nitrogens with zero attached hydrogens (tertiary/aromatic N) is 6. The van der Waals surface area contributed by atoms with Gasteiger partial charge < -0.3 is 10.3 Å². The van der Waals surface area contributed by atoms with Crippen molar-refractivity contribution in [2.75, 3.05) is 25.5 Å². The smallest absolute Gasteiger partial charge is 0.133 e. The van der Waals surface area contributed by atoms with E-state index < -0.39 is 0 Å². The van der Waals surface area contributed by atoms with E-state index >= 15 is 0 Å². The van der Waals surface area contributed by atoms with Gasteiger partial charge in [-0.25, -0.2) is 15.0 Å². The van der Waals surface area contributed by atoms with Crippen LogP contribution < -0.4 is 5.32 Å². The van der Waals surface area contributed by atoms with E-state index in [0.717, 1.165) is 34.8 Å². The molecule has 2 aromatic heterocycles. The molecule has 0 bridgehead atoms. The standard InChI is InChI=1S/C19H19N7S/c1-12-7-22-19-17(12)18(23-11-24-19)14-8-25(2)26(9-14)16(3-4-20)13-5-15(6-21)27-10-13/h5,9-12,16H,3,7-8H2,1-2H3,(H,22,23,24). The number of likely N-dealkylation sites (N-methyl/N-ethyl adjacent to an activating group) is 1. The molecule has 2 aliphatic heterocycles. The van der Waals surface area contributed by atoms with E-state index in [1.54, 1.807) is 6.33 Å². The van der Waals surface area contributed by atoms with Gasteiger partial charge in [0.2, 0.25) is 0 Å². The van der Waals surface area contributed by atoms with Gasteiger partial charge in [-0.1, -0.05) is 6.92 Å². The molecule has 7 nitrogen and oxygen atoms in total. The van der Waals surface area contributed by atoms with E-state index in [-0.39, 0.29) is 6.04 Å². The molecule has 8 heteroatoms. The van der Waals surface area contributed by atoms with Crippen molar-refractivity contribution in [1.29, 1.82) is 10.5 Å². The second-order valence-electron chi connectivity index (χ2n) is 6.85. The van der Waals surface area contributed by atoms with Gasteiger partial charge in [0.1, 0.15) is 23.1 Å². The summed E-state index contributed by atoms with van der Waals surface area (Å²) in [5.74, 6) is 1.28. The number of aromatic nitrogens is 2. The molecule has 0 saturated heterocycles. The van der Waals surface area contributed by atoms with Gasteiger partial charge in [-0.05, 0) is 17.0 Å². The number of anilines is 1. The van der Waals surface area contributed by atoms with Crippen LogP contribution in [0.15, 0.2) is 24.0 Å². The van der Waals surface area contributed by atoms with Crippen molar-refractivity contribution in [1.82, 2.24) is 20.0 Å². The average molecular weight is 377 g/mol. The molecule has 1 N–H and O–H groups in total. The van der Waals surface area contributed by atoms with Crippen molar-refractivity contribution in [3.05, 3.63) is 45.7 Å². The Morgan fingerprint density at radius 2 is 2.26 bits per heavy atom. The van der Waals surface area contributed by atoms with Crippen molar-refractivity contribution in [2.24, 2.45) is 0 Å². The van der Waals surface area contributed by atoms with Crippen LogP contribution in [-0.4, -0.2) is 40.1 Å². The Morgan fingerprint density at radius 1 is 1.41 bits per heavy atom. The summed E-state index contributed by atoms with van der Waals surface area (Å²) in [4.78, 5) is 9.58. The fourth-order valence-electron chi connectivity index (χ4n) is 3.74. The normalized spacial score (nSPS) is 19.8. The van der Waals surface area contributed by atoms with E-state index in [2.05, 4.69) is 50.6 Å². The summed E-state index contributed by atoms with van der Waals surface area (Å²) < 4.78 is 0. The predicted octanol–water partition coefficient (Wildman–Crippen LogP) is 3.10. The summed E-state index contributed by atoms with van der Waals surface area (Å²) in [5, 5.41) is 28.0. The topological polar surface area (TPSA) is 91.9 Å². The molecular formula is C19H19N7S. The third-order valence-electron chi connectivity index (χ3n) is 5.06. The van der Waals surface area contributed by atoms with Crippen molar-refractivity contribution in [3.8, 4) is 12.1 Å². The number of hydrogen-bond acceptors (Lipinski definition) is 8. The number of rotatable bonds is 4. The van der Waals surface area contributed by atoms with Gasteiger partial charge in [-0.2, -0.15) is 10.5 Å². The minimum Gasteiger partial charge on any atom is -0.369 e. The maximum atomic E-state index is 9.35. The molecule has 0 aromatic carbocycles. The minimum atomic E-state index is -0.124. The van der Waals surface area contributed by atoms with Crippen LogP contribution in [-0.2, 0) is 0 Å². The summed E-state index contributed by atoms with van der Waals surface area (Å²) in [6.45, 7) is 3.76. The summed E-state index contributed by atoms with van der Waals surface area (Å²) in [6.07, 6.45) is 4.03. The van der Waals surface area contributed by atoms with Crippen molar-refractivity contribution in [2.45, 2.75) is 25.3 Å². The molecule has 0 radical (unpaired) electrons. The average Bonchev–Trinajstić information content (AvgIpc) is 3.39. The number of hydrogen-bond donors (Lipinski definition) is 1. The Balaban J connectivity index is 1.71. The summed E-state index contributed by atoms with van der Waals surface area (Å²) in [6, 6.07) is 6.21. The number of nitrogens with one attached hydrogen (secondary N) is 1. The van der Waals surface area contributed by atoms with Gasteiger partial charge >= 0.3 is 0 Å². The molecule has 2 aliphatic rings. The maximum Gasteiger partial charge on any atom is 0.133 e. The second kappa shape index (κ2) is 6.99. The number of thiophene rings is 1. The molecule has 4 heterocycles. The highest BCUT2D eigenvalue weighted by atomic mass is 32.1. The molecule has 0 amide bonds. The highest BCUT2D eigenvalue weighted by Crippen LogP contribution is 2.38. The fourth-order valence-corrected chi connectivity index (χ4v) is 4.48. The lowest BCUT2D eigenvalue weighted by Crippen LogP contribution is -2.34. The minimum absolute atomic E-state index is 0.124. The van der Waals surface area contributed by atoms with E-state index in [9.17, 15) is 5.26 Å². The molecule has 2 unspecified atom stereocenters. The summed E-state index contributed by atoms with van der Waals surface area (Å²) in [5.41, 5.74) is 4.25. The zero-order valence-electron chi connectivity index (χ0n) is 15.2. The highest BCUT2D eigenvalue weighted by molar-refractivity contribution is 7.10. The van der Waals surface area contributed by atoms with E-state index in [1.165, 1.54) is 11.3 Å². The second-order valence-corrected chi connectivity index (χ2v) is 7.76. The lowest BCUT2D eigenvalue weighted by atomic mass is 9.99. The fraction of sp³-hybridized carbons (Fsp3) is 0.368.